The van der Waals surface area contributed by atoms with E-state index in [4.69, 9.17) is 17.2 Å². The van der Waals surface area contributed by atoms with Crippen molar-refractivity contribution in [3.8, 4) is 0 Å². The molecule has 1 saturated heterocycles. The number of nitrogens with zero attached hydrogens (tertiary/aromatic N) is 2. The van der Waals surface area contributed by atoms with Crippen LogP contribution in [-0.2, 0) is 43.2 Å². The molecular formula is C45H82N12O11S. The van der Waals surface area contributed by atoms with E-state index in [0.29, 0.717) is 19.3 Å². The zero-order valence-electron chi connectivity index (χ0n) is 41.8. The largest absolute Gasteiger partial charge is 0.480 e. The van der Waals surface area contributed by atoms with Crippen LogP contribution in [0, 0.1) is 17.8 Å². The number of hydrogen-bond donors (Lipinski definition) is 13. The number of carbonyl (C=O) groups is 9. The average molecular weight is 999 g/mol. The van der Waals surface area contributed by atoms with Crippen LogP contribution in [0.3, 0.4) is 0 Å². The molecule has 1 aliphatic rings. The number of aliphatic carboxylic acids is 1. The topological polar surface area (TPSA) is 372 Å². The van der Waals surface area contributed by atoms with Crippen molar-refractivity contribution in [1.29, 1.82) is 0 Å². The number of carbonyl (C=O) groups excluding carboxylic acids is 8. The first-order chi connectivity index (χ1) is 32.2. The van der Waals surface area contributed by atoms with Gasteiger partial charge in [0.1, 0.15) is 48.3 Å². The smallest absolute Gasteiger partial charge is 0.326 e. The Labute approximate surface area is 412 Å². The predicted molar refractivity (Wildman–Crippen MR) is 263 cm³/mol. The molecule has 0 saturated carbocycles. The van der Waals surface area contributed by atoms with E-state index >= 15 is 0 Å². The van der Waals surface area contributed by atoms with E-state index in [2.05, 4.69) is 54.8 Å². The lowest BCUT2D eigenvalue weighted by molar-refractivity contribution is -0.143. The fourth-order valence-electron chi connectivity index (χ4n) is 7.47. The summed E-state index contributed by atoms with van der Waals surface area (Å²) >= 11 is 4.20. The highest BCUT2D eigenvalue weighted by atomic mass is 32.1. The molecule has 1 rings (SSSR count). The van der Waals surface area contributed by atoms with E-state index in [-0.39, 0.29) is 81.1 Å². The van der Waals surface area contributed by atoms with Gasteiger partial charge in [-0.15, -0.1) is 0 Å². The van der Waals surface area contributed by atoms with Gasteiger partial charge in [0.15, 0.2) is 5.96 Å². The second-order valence-corrected chi connectivity index (χ2v) is 19.4. The molecule has 0 aromatic heterocycles. The van der Waals surface area contributed by atoms with Crippen molar-refractivity contribution in [1.82, 2.24) is 42.1 Å². The fourth-order valence-corrected chi connectivity index (χ4v) is 7.73. The zero-order valence-corrected chi connectivity index (χ0v) is 42.7. The van der Waals surface area contributed by atoms with Crippen LogP contribution >= 0.6 is 12.6 Å². The van der Waals surface area contributed by atoms with Crippen LogP contribution in [0.5, 0.6) is 0 Å². The van der Waals surface area contributed by atoms with E-state index < -0.39 is 114 Å². The zero-order chi connectivity index (χ0) is 52.7. The van der Waals surface area contributed by atoms with Crippen LogP contribution in [0.25, 0.3) is 0 Å². The summed E-state index contributed by atoms with van der Waals surface area (Å²) in [7, 11) is 0. The van der Waals surface area contributed by atoms with Crippen LogP contribution in [0.2, 0.25) is 0 Å². The van der Waals surface area contributed by atoms with Crippen LogP contribution in [-0.4, -0.2) is 154 Å². The lowest BCUT2D eigenvalue weighted by Crippen LogP contribution is -2.61. The number of rotatable bonds is 31. The molecule has 0 bridgehead atoms. The van der Waals surface area contributed by atoms with Crippen LogP contribution in [0.1, 0.15) is 127 Å². The molecule has 0 unspecified atom stereocenters. The molecule has 15 N–H and O–H groups in total. The van der Waals surface area contributed by atoms with E-state index in [0.717, 1.165) is 6.42 Å². The number of aliphatic hydroxyl groups excluding tert-OH is 1. The maximum absolute atomic E-state index is 14.0. The third kappa shape index (κ3) is 21.9. The number of likely N-dealkylation sites (tertiary alicyclic amines) is 1. The van der Waals surface area contributed by atoms with Crippen molar-refractivity contribution in [2.75, 3.05) is 18.8 Å². The quantitative estimate of drug-likeness (QED) is 0.0163. The summed E-state index contributed by atoms with van der Waals surface area (Å²) in [5.74, 6) is -7.51. The van der Waals surface area contributed by atoms with E-state index in [1.54, 1.807) is 41.5 Å². The molecule has 0 aromatic rings. The summed E-state index contributed by atoms with van der Waals surface area (Å²) in [5, 5.41) is 38.6. The Morgan fingerprint density at radius 1 is 0.667 bits per heavy atom. The Bertz CT molecular complexity index is 1760. The third-order valence-corrected chi connectivity index (χ3v) is 11.7. The van der Waals surface area contributed by atoms with Crippen molar-refractivity contribution in [3.63, 3.8) is 0 Å². The van der Waals surface area contributed by atoms with Crippen molar-refractivity contribution in [3.05, 3.63) is 0 Å². The van der Waals surface area contributed by atoms with Gasteiger partial charge in [0, 0.05) is 13.1 Å². The number of nitrogens with two attached hydrogens (primary N) is 3. The number of guanidine groups is 1. The number of thiol groups is 1. The number of aliphatic imine (C=N–C) groups is 1. The van der Waals surface area contributed by atoms with Gasteiger partial charge in [0.2, 0.25) is 47.3 Å². The molecule has 1 fully saturated rings. The van der Waals surface area contributed by atoms with Crippen molar-refractivity contribution in [2.24, 2.45) is 39.9 Å². The Hall–Kier alpha value is -5.23. The minimum absolute atomic E-state index is 0.0249. The summed E-state index contributed by atoms with van der Waals surface area (Å²) in [5.41, 5.74) is 17.0. The van der Waals surface area contributed by atoms with Gasteiger partial charge in [-0.3, -0.25) is 43.3 Å². The molecule has 24 heteroatoms. The number of carboxylic acids is 1. The Balaban J connectivity index is 3.32. The van der Waals surface area contributed by atoms with Gasteiger partial charge in [0.25, 0.3) is 0 Å². The van der Waals surface area contributed by atoms with Gasteiger partial charge in [-0.1, -0.05) is 61.3 Å². The maximum atomic E-state index is 14.0. The first kappa shape index (κ1) is 61.8. The molecule has 10 atom stereocenters. The minimum Gasteiger partial charge on any atom is -0.480 e. The van der Waals surface area contributed by atoms with Gasteiger partial charge in [-0.25, -0.2) is 4.79 Å². The molecule has 394 valence electrons. The van der Waals surface area contributed by atoms with E-state index in [9.17, 15) is 53.4 Å². The molecule has 69 heavy (non-hydrogen) atoms. The second-order valence-electron chi connectivity index (χ2n) is 18.9. The number of amides is 8. The second kappa shape index (κ2) is 31.1. The first-order valence-electron chi connectivity index (χ1n) is 24.0. The van der Waals surface area contributed by atoms with Crippen molar-refractivity contribution >= 4 is 71.8 Å². The van der Waals surface area contributed by atoms with Gasteiger partial charge in [0.05, 0.1) is 12.1 Å². The fraction of sp³-hybridized carbons (Fsp3) is 0.778. The van der Waals surface area contributed by atoms with E-state index in [1.807, 2.05) is 6.92 Å². The number of nitrogens with one attached hydrogen (secondary N) is 7. The van der Waals surface area contributed by atoms with E-state index in [1.165, 1.54) is 18.7 Å². The summed E-state index contributed by atoms with van der Waals surface area (Å²) in [4.78, 5) is 126. The number of unbranched alkanes of at least 4 members (excludes halogenated alkanes) is 1. The van der Waals surface area contributed by atoms with Gasteiger partial charge >= 0.3 is 5.97 Å². The Kier molecular flexibility index (Phi) is 27.8. The lowest BCUT2D eigenvalue weighted by atomic mass is 10.0. The molecule has 0 aromatic carbocycles. The third-order valence-electron chi connectivity index (χ3n) is 11.4. The maximum Gasteiger partial charge on any atom is 0.326 e. The Morgan fingerprint density at radius 3 is 1.70 bits per heavy atom. The van der Waals surface area contributed by atoms with Crippen LogP contribution in [0.4, 0.5) is 0 Å². The number of carboxylic acid groups (broad SMARTS) is 1. The molecule has 23 nitrogen and oxygen atoms in total. The number of hydrogen-bond acceptors (Lipinski definition) is 13. The van der Waals surface area contributed by atoms with Gasteiger partial charge in [-0.2, -0.15) is 12.6 Å². The molecule has 0 spiro atoms. The Morgan fingerprint density at radius 2 is 1.16 bits per heavy atom. The highest BCUT2D eigenvalue weighted by Crippen LogP contribution is 2.20. The summed E-state index contributed by atoms with van der Waals surface area (Å²) in [6.45, 7) is 15.6. The highest BCUT2D eigenvalue weighted by Gasteiger charge is 2.40. The normalized spacial score (nSPS) is 17.5. The number of aliphatic hydroxyl groups is 1. The molecule has 8 amide bonds. The predicted octanol–water partition coefficient (Wildman–Crippen LogP) is -1.50. The molecule has 0 radical (unpaired) electrons. The molecule has 0 aliphatic carbocycles. The highest BCUT2D eigenvalue weighted by molar-refractivity contribution is 7.80. The minimum atomic E-state index is -1.66. The summed E-state index contributed by atoms with van der Waals surface area (Å²) in [6, 6.07) is -10.7. The monoisotopic (exact) mass is 999 g/mol. The summed E-state index contributed by atoms with van der Waals surface area (Å²) in [6.07, 6.45) is 1.09. The van der Waals surface area contributed by atoms with Crippen LogP contribution in [0.15, 0.2) is 4.99 Å². The average Bonchev–Trinajstić information content (AvgIpc) is 3.76. The summed E-state index contributed by atoms with van der Waals surface area (Å²) < 4.78 is 0. The first-order valence-corrected chi connectivity index (χ1v) is 24.6. The van der Waals surface area contributed by atoms with Gasteiger partial charge < -0.3 is 69.5 Å². The van der Waals surface area contributed by atoms with Crippen LogP contribution < -0.4 is 54.4 Å². The van der Waals surface area contributed by atoms with Crippen molar-refractivity contribution < 1.29 is 53.4 Å². The standard InChI is InChI=1S/C45H82N12O11S/c1-10-11-14-28(53-41(64)34(46)25(6)7)36(59)50-26(8)43(66)57-19-13-16-33(57)40(63)52-29(15-12-18-49-45(47)48)38(61)56-35(27(9)58)42(65)54-31(21-23(2)3)39(62)51-30(17-20-69)37(60)55-32(44(67)68)22-24(4)5/h23-35,58,69H,10-22,46H2,1-9H3,(H,50,59)(H,51,62)(H,52,63)(H,53,64)(H,54,65)(H,55,60)(H,56,61)(H,67,68)(H4,47,48,49)/t26-,27+,28-,29-,30-,31-,32-,33-,34-,35-/m0/s1. The SMILES string of the molecule is CCCC[C@H](NC(=O)[C@@H](N)C(C)C)C(=O)N[C@@H](C)C(=O)N1CCC[C@H]1C(=O)N[C@@H](CCCN=C(N)N)C(=O)N[C@H](C(=O)N[C@@H](CC(C)C)C(=O)N[C@@H](CCS)C(=O)N[C@@H](CC(C)C)C(=O)O)[C@@H](C)O. The lowest BCUT2D eigenvalue weighted by Gasteiger charge is -2.30. The molecule has 1 heterocycles. The van der Waals surface area contributed by atoms with Crippen molar-refractivity contribution in [2.45, 2.75) is 187 Å². The van der Waals surface area contributed by atoms with Gasteiger partial charge in [-0.05, 0) is 88.7 Å². The molecule has 1 aliphatic heterocycles. The molecular weight excluding hydrogens is 917 g/mol.